The van der Waals surface area contributed by atoms with E-state index in [1.54, 1.807) is 18.2 Å². The van der Waals surface area contributed by atoms with Crippen molar-refractivity contribution in [1.82, 2.24) is 0 Å². The lowest BCUT2D eigenvalue weighted by Gasteiger charge is -2.40. The van der Waals surface area contributed by atoms with Crippen LogP contribution in [0.4, 0.5) is 4.39 Å². The van der Waals surface area contributed by atoms with Gasteiger partial charge in [-0.05, 0) is 111 Å². The number of esters is 1. The quantitative estimate of drug-likeness (QED) is 0.0444. The third-order valence-electron chi connectivity index (χ3n) is 10.3. The molecule has 3 fully saturated rings. The molecule has 3 aromatic rings. The van der Waals surface area contributed by atoms with E-state index < -0.39 is 11.8 Å². The molecule has 3 aromatic carbocycles. The summed E-state index contributed by atoms with van der Waals surface area (Å²) in [6, 6.07) is 19.3. The summed E-state index contributed by atoms with van der Waals surface area (Å²) in [7, 11) is 0. The lowest BCUT2D eigenvalue weighted by molar-refractivity contribution is -0.150. The molecule has 3 aliphatic rings. The molecule has 0 N–H and O–H groups in total. The van der Waals surface area contributed by atoms with Crippen molar-refractivity contribution in [3.05, 3.63) is 78.1 Å². The number of epoxide rings is 1. The van der Waals surface area contributed by atoms with Gasteiger partial charge in [-0.3, -0.25) is 0 Å². The van der Waals surface area contributed by atoms with Crippen molar-refractivity contribution in [2.45, 2.75) is 83.3 Å². The summed E-state index contributed by atoms with van der Waals surface area (Å²) in [5.41, 5.74) is 2.54. The van der Waals surface area contributed by atoms with Crippen LogP contribution >= 0.6 is 0 Å². The van der Waals surface area contributed by atoms with Gasteiger partial charge in [-0.25, -0.2) is 9.18 Å². The third-order valence-corrected chi connectivity index (χ3v) is 10.3. The van der Waals surface area contributed by atoms with Gasteiger partial charge in [-0.2, -0.15) is 0 Å². The fraction of sp³-hybridized carbons (Fsp3) is 0.548. The molecule has 3 unspecified atom stereocenters. The molecule has 3 atom stereocenters. The minimum atomic E-state index is -0.650. The molecule has 2 heterocycles. The monoisotopic (exact) mass is 704 g/mol. The molecule has 8 nitrogen and oxygen atoms in total. The van der Waals surface area contributed by atoms with Crippen LogP contribution in [0.1, 0.15) is 81.5 Å². The smallest absolute Gasteiger partial charge is 0.343 e. The van der Waals surface area contributed by atoms with Crippen LogP contribution in [0.5, 0.6) is 17.2 Å². The van der Waals surface area contributed by atoms with Gasteiger partial charge < -0.3 is 33.2 Å². The first kappa shape index (κ1) is 37.3. The molecule has 0 aromatic heterocycles. The van der Waals surface area contributed by atoms with Crippen LogP contribution in [0.2, 0.25) is 0 Å². The van der Waals surface area contributed by atoms with Crippen LogP contribution in [0, 0.1) is 17.2 Å². The minimum Gasteiger partial charge on any atom is -0.494 e. The average molecular weight is 705 g/mol. The Morgan fingerprint density at radius 3 is 2.10 bits per heavy atom. The molecule has 51 heavy (non-hydrogen) atoms. The molecule has 0 bridgehead atoms. The summed E-state index contributed by atoms with van der Waals surface area (Å²) < 4.78 is 54.4. The zero-order valence-corrected chi connectivity index (χ0v) is 30.0. The van der Waals surface area contributed by atoms with Crippen LogP contribution in [-0.2, 0) is 18.9 Å². The molecule has 1 aliphatic carbocycles. The van der Waals surface area contributed by atoms with Crippen molar-refractivity contribution in [2.75, 3.05) is 52.9 Å². The van der Waals surface area contributed by atoms with E-state index in [1.165, 1.54) is 18.6 Å². The lowest BCUT2D eigenvalue weighted by atomic mass is 9.84. The Morgan fingerprint density at radius 1 is 0.765 bits per heavy atom. The van der Waals surface area contributed by atoms with Gasteiger partial charge >= 0.3 is 5.97 Å². The van der Waals surface area contributed by atoms with Gasteiger partial charge in [0.05, 0.1) is 50.8 Å². The van der Waals surface area contributed by atoms with Crippen LogP contribution in [-0.4, -0.2) is 71.0 Å². The number of benzene rings is 3. The molecule has 2 aliphatic heterocycles. The fourth-order valence-electron chi connectivity index (χ4n) is 6.66. The van der Waals surface area contributed by atoms with Gasteiger partial charge in [0.15, 0.2) is 11.6 Å². The van der Waals surface area contributed by atoms with E-state index in [1.807, 2.05) is 36.4 Å². The summed E-state index contributed by atoms with van der Waals surface area (Å²) in [6.07, 6.45) is 11.6. The molecular weight excluding hydrogens is 651 g/mol. The van der Waals surface area contributed by atoms with E-state index in [4.69, 9.17) is 33.2 Å². The van der Waals surface area contributed by atoms with Crippen molar-refractivity contribution in [2.24, 2.45) is 11.3 Å². The fourth-order valence-corrected chi connectivity index (χ4v) is 6.66. The SMILES string of the molecule is CCC1(COCCCCCCOc2ccc(-c3ccc(C(=O)Oc4ccc(OCCCCOCC5CCC6OC6C5)cc4F)cc3)cc2)COC1. The topological polar surface area (TPSA) is 85.0 Å². The normalized spacial score (nSPS) is 20.2. The Labute approximate surface area is 301 Å². The maximum atomic E-state index is 14.8. The first-order valence-electron chi connectivity index (χ1n) is 18.9. The van der Waals surface area contributed by atoms with Crippen molar-refractivity contribution in [1.29, 1.82) is 0 Å². The Morgan fingerprint density at radius 2 is 1.41 bits per heavy atom. The van der Waals surface area contributed by atoms with Gasteiger partial charge in [0.2, 0.25) is 0 Å². The Hall–Kier alpha value is -3.50. The van der Waals surface area contributed by atoms with E-state index in [-0.39, 0.29) is 11.2 Å². The second-order valence-corrected chi connectivity index (χ2v) is 14.3. The van der Waals surface area contributed by atoms with E-state index in [0.29, 0.717) is 49.3 Å². The van der Waals surface area contributed by atoms with E-state index >= 15 is 0 Å². The van der Waals surface area contributed by atoms with Gasteiger partial charge in [0.25, 0.3) is 0 Å². The second kappa shape index (κ2) is 18.8. The molecule has 0 spiro atoms. The number of hydrogen-bond acceptors (Lipinski definition) is 8. The van der Waals surface area contributed by atoms with Crippen LogP contribution in [0.25, 0.3) is 11.1 Å². The minimum absolute atomic E-state index is 0.139. The highest BCUT2D eigenvalue weighted by Gasteiger charge is 2.43. The molecule has 6 rings (SSSR count). The first-order chi connectivity index (χ1) is 25.0. The number of rotatable bonds is 22. The zero-order chi connectivity index (χ0) is 35.3. The number of unbranched alkanes of at least 4 members (excludes halogenated alkanes) is 4. The Kier molecular flexibility index (Phi) is 13.8. The van der Waals surface area contributed by atoms with Crippen LogP contribution in [0.15, 0.2) is 66.7 Å². The van der Waals surface area contributed by atoms with Crippen LogP contribution < -0.4 is 14.2 Å². The lowest BCUT2D eigenvalue weighted by Crippen LogP contribution is -2.45. The summed E-state index contributed by atoms with van der Waals surface area (Å²) >= 11 is 0. The van der Waals surface area contributed by atoms with Crippen molar-refractivity contribution < 1.29 is 42.3 Å². The number of halogens is 1. The summed E-state index contributed by atoms with van der Waals surface area (Å²) in [5, 5.41) is 0. The van der Waals surface area contributed by atoms with Gasteiger partial charge in [-0.1, -0.05) is 37.6 Å². The van der Waals surface area contributed by atoms with E-state index in [2.05, 4.69) is 6.92 Å². The Bertz CT molecular complexity index is 1500. The number of carbonyl (C=O) groups is 1. The predicted molar refractivity (Wildman–Crippen MR) is 193 cm³/mol. The van der Waals surface area contributed by atoms with Gasteiger partial charge in [0.1, 0.15) is 11.5 Å². The number of hydrogen-bond donors (Lipinski definition) is 0. The maximum absolute atomic E-state index is 14.8. The third kappa shape index (κ3) is 11.2. The van der Waals surface area contributed by atoms with Gasteiger partial charge in [0, 0.05) is 31.3 Å². The maximum Gasteiger partial charge on any atom is 0.343 e. The molecule has 1 saturated carbocycles. The standard InChI is InChI=1S/C42H53FO8/c1-2-42(29-47-30-42)28-46-22-5-3-4-6-23-48-35-16-14-33(15-17-35)32-10-12-34(13-11-32)41(44)51-38-20-18-36(26-37(38)43)49-24-8-7-21-45-27-31-9-19-39-40(25-31)50-39/h10-18,20,26,31,39-40H,2-9,19,21-25,27-30H2,1H3. The summed E-state index contributed by atoms with van der Waals surface area (Å²) in [4.78, 5) is 12.8. The molecular formula is C42H53FO8. The average Bonchev–Trinajstić information content (AvgIpc) is 3.92. The van der Waals surface area contributed by atoms with E-state index in [9.17, 15) is 9.18 Å². The van der Waals surface area contributed by atoms with Crippen molar-refractivity contribution in [3.63, 3.8) is 0 Å². The highest BCUT2D eigenvalue weighted by Crippen LogP contribution is 2.39. The number of carbonyl (C=O) groups excluding carboxylic acids is 1. The first-order valence-corrected chi connectivity index (χ1v) is 18.9. The molecule has 9 heteroatoms. The summed E-state index contributed by atoms with van der Waals surface area (Å²) in [5.74, 6) is 0.417. The number of fused-ring (bicyclic) bond motifs is 1. The summed E-state index contributed by atoms with van der Waals surface area (Å²) in [6.45, 7) is 8.10. The van der Waals surface area contributed by atoms with Crippen molar-refractivity contribution in [3.8, 4) is 28.4 Å². The van der Waals surface area contributed by atoms with E-state index in [0.717, 1.165) is 108 Å². The second-order valence-electron chi connectivity index (χ2n) is 14.3. The van der Waals surface area contributed by atoms with Crippen molar-refractivity contribution >= 4 is 5.97 Å². The molecule has 0 amide bonds. The predicted octanol–water partition coefficient (Wildman–Crippen LogP) is 8.84. The molecule has 2 saturated heterocycles. The van der Waals surface area contributed by atoms with Gasteiger partial charge in [-0.15, -0.1) is 0 Å². The highest BCUT2D eigenvalue weighted by molar-refractivity contribution is 5.91. The number of ether oxygens (including phenoxy) is 7. The zero-order valence-electron chi connectivity index (χ0n) is 30.0. The molecule has 0 radical (unpaired) electrons. The largest absolute Gasteiger partial charge is 0.494 e. The highest BCUT2D eigenvalue weighted by atomic mass is 19.1. The Balaban J connectivity index is 0.830. The molecule has 276 valence electrons. The van der Waals surface area contributed by atoms with Crippen LogP contribution in [0.3, 0.4) is 0 Å².